The van der Waals surface area contributed by atoms with E-state index in [9.17, 15) is 18.0 Å². The van der Waals surface area contributed by atoms with E-state index in [-0.39, 0.29) is 18.5 Å². The Kier molecular flexibility index (Phi) is 6.32. The summed E-state index contributed by atoms with van der Waals surface area (Å²) >= 11 is 0. The number of hydrogen-bond donors (Lipinski definition) is 2. The zero-order valence-corrected chi connectivity index (χ0v) is 17.8. The molecule has 0 aliphatic rings. The Morgan fingerprint density at radius 1 is 1.13 bits per heavy atom. The molecule has 0 fully saturated rings. The van der Waals surface area contributed by atoms with Gasteiger partial charge in [-0.25, -0.2) is 13.9 Å². The summed E-state index contributed by atoms with van der Waals surface area (Å²) in [5.41, 5.74) is 4.23. The molecule has 0 saturated heterocycles. The molecule has 0 aliphatic heterocycles. The van der Waals surface area contributed by atoms with Crippen LogP contribution in [0.1, 0.15) is 13.3 Å². The van der Waals surface area contributed by atoms with Crippen molar-refractivity contribution in [2.45, 2.75) is 24.6 Å². The quantitative estimate of drug-likeness (QED) is 0.420. The molecule has 0 bridgehead atoms. The maximum absolute atomic E-state index is 12.6. The first-order chi connectivity index (χ1) is 14.7. The van der Waals surface area contributed by atoms with E-state index in [1.807, 2.05) is 30.3 Å². The number of nitrogens with zero attached hydrogens (tertiary/aromatic N) is 3. The molecular weight excluding hydrogens is 420 g/mol. The summed E-state index contributed by atoms with van der Waals surface area (Å²) in [6.45, 7) is 1.20. The van der Waals surface area contributed by atoms with E-state index in [2.05, 4.69) is 10.2 Å². The predicted octanol–water partition coefficient (Wildman–Crippen LogP) is 1.67. The Labute approximate surface area is 179 Å². The van der Waals surface area contributed by atoms with E-state index in [4.69, 9.17) is 5.21 Å². The van der Waals surface area contributed by atoms with Crippen LogP contribution in [0.25, 0.3) is 22.4 Å². The average Bonchev–Trinajstić information content (AvgIpc) is 2.77. The fraction of sp³-hybridized carbons (Fsp3) is 0.238. The van der Waals surface area contributed by atoms with Crippen LogP contribution < -0.4 is 11.0 Å². The molecule has 162 valence electrons. The van der Waals surface area contributed by atoms with Crippen LogP contribution in [-0.4, -0.2) is 45.3 Å². The van der Waals surface area contributed by atoms with Crippen molar-refractivity contribution < 1.29 is 18.4 Å². The Bertz CT molecular complexity index is 1240. The molecule has 0 radical (unpaired) electrons. The monoisotopic (exact) mass is 442 g/mol. The third-order valence-electron chi connectivity index (χ3n) is 5.31. The Morgan fingerprint density at radius 2 is 1.81 bits per heavy atom. The van der Waals surface area contributed by atoms with Gasteiger partial charge < -0.3 is 4.57 Å². The summed E-state index contributed by atoms with van der Waals surface area (Å²) in [6.07, 6.45) is 3.89. The number of pyridine rings is 1. The largest absolute Gasteiger partial charge is 0.315 e. The van der Waals surface area contributed by atoms with Crippen molar-refractivity contribution in [1.82, 2.24) is 20.2 Å². The van der Waals surface area contributed by atoms with Crippen molar-refractivity contribution in [3.8, 4) is 22.4 Å². The predicted molar refractivity (Wildman–Crippen MR) is 115 cm³/mol. The minimum atomic E-state index is -3.83. The summed E-state index contributed by atoms with van der Waals surface area (Å²) in [5.74, 6) is -1.04. The topological polar surface area (TPSA) is 131 Å². The highest BCUT2D eigenvalue weighted by atomic mass is 32.2. The highest BCUT2D eigenvalue weighted by Crippen LogP contribution is 2.24. The summed E-state index contributed by atoms with van der Waals surface area (Å²) < 4.78 is 23.6. The van der Waals surface area contributed by atoms with Crippen LogP contribution >= 0.6 is 0 Å². The van der Waals surface area contributed by atoms with E-state index >= 15 is 0 Å². The lowest BCUT2D eigenvalue weighted by Gasteiger charge is -2.25. The molecule has 3 aromatic rings. The number of carbonyl (C=O) groups is 1. The zero-order chi connectivity index (χ0) is 22.6. The van der Waals surface area contributed by atoms with Gasteiger partial charge in [-0.05, 0) is 42.7 Å². The van der Waals surface area contributed by atoms with Gasteiger partial charge in [-0.15, -0.1) is 0 Å². The number of amides is 1. The maximum atomic E-state index is 12.6. The van der Waals surface area contributed by atoms with Crippen LogP contribution in [0.3, 0.4) is 0 Å². The van der Waals surface area contributed by atoms with Gasteiger partial charge in [0.1, 0.15) is 0 Å². The second kappa shape index (κ2) is 8.78. The second-order valence-electron chi connectivity index (χ2n) is 7.33. The minimum Gasteiger partial charge on any atom is -0.315 e. The first kappa shape index (κ1) is 22.3. The van der Waals surface area contributed by atoms with E-state index < -0.39 is 20.5 Å². The SMILES string of the molecule is CC(CCn1ccc(-c2ccc(-c3cccnn3)cc2)cc1=O)(C(=O)NO)S(C)(=O)=O. The van der Waals surface area contributed by atoms with Crippen molar-refractivity contribution in [2.24, 2.45) is 0 Å². The molecule has 10 heteroatoms. The number of carbonyl (C=O) groups excluding carboxylic acids is 1. The number of hydroxylamine groups is 1. The van der Waals surface area contributed by atoms with Gasteiger partial charge in [0.15, 0.2) is 14.6 Å². The van der Waals surface area contributed by atoms with Gasteiger partial charge >= 0.3 is 0 Å². The molecule has 2 heterocycles. The number of benzene rings is 1. The third kappa shape index (κ3) is 4.70. The first-order valence-electron chi connectivity index (χ1n) is 9.39. The number of hydrogen-bond acceptors (Lipinski definition) is 7. The van der Waals surface area contributed by atoms with Crippen molar-refractivity contribution >= 4 is 15.7 Å². The van der Waals surface area contributed by atoms with Crippen LogP contribution in [0.4, 0.5) is 0 Å². The van der Waals surface area contributed by atoms with Crippen molar-refractivity contribution in [2.75, 3.05) is 6.26 Å². The first-order valence-corrected chi connectivity index (χ1v) is 11.3. The van der Waals surface area contributed by atoms with Gasteiger partial charge in [0, 0.05) is 36.8 Å². The molecule has 0 aliphatic carbocycles. The van der Waals surface area contributed by atoms with E-state index in [0.717, 1.165) is 23.1 Å². The average molecular weight is 442 g/mol. The lowest BCUT2D eigenvalue weighted by Crippen LogP contribution is -2.49. The lowest BCUT2D eigenvalue weighted by atomic mass is 10.0. The van der Waals surface area contributed by atoms with Crippen molar-refractivity contribution in [3.05, 3.63) is 71.3 Å². The second-order valence-corrected chi connectivity index (χ2v) is 9.77. The van der Waals surface area contributed by atoms with E-state index in [1.165, 1.54) is 23.0 Å². The van der Waals surface area contributed by atoms with Gasteiger partial charge in [0.25, 0.3) is 11.5 Å². The highest BCUT2D eigenvalue weighted by molar-refractivity contribution is 7.92. The summed E-state index contributed by atoms with van der Waals surface area (Å²) in [4.78, 5) is 24.5. The van der Waals surface area contributed by atoms with Crippen molar-refractivity contribution in [1.29, 1.82) is 0 Å². The number of nitrogens with one attached hydrogen (secondary N) is 1. The molecule has 2 N–H and O–H groups in total. The highest BCUT2D eigenvalue weighted by Gasteiger charge is 2.43. The van der Waals surface area contributed by atoms with Crippen LogP contribution in [0.15, 0.2) is 65.7 Å². The van der Waals surface area contributed by atoms with Crippen LogP contribution in [0.5, 0.6) is 0 Å². The number of sulfone groups is 1. The summed E-state index contributed by atoms with van der Waals surface area (Å²) in [7, 11) is -3.83. The molecule has 1 amide bonds. The minimum absolute atomic E-state index is 0.0122. The molecule has 3 rings (SSSR count). The molecule has 0 saturated carbocycles. The Hall–Kier alpha value is -3.37. The maximum Gasteiger partial charge on any atom is 0.264 e. The van der Waals surface area contributed by atoms with Crippen LogP contribution in [0.2, 0.25) is 0 Å². The van der Waals surface area contributed by atoms with Gasteiger partial charge in [-0.2, -0.15) is 10.2 Å². The van der Waals surface area contributed by atoms with E-state index in [0.29, 0.717) is 5.56 Å². The lowest BCUT2D eigenvalue weighted by molar-refractivity contribution is -0.131. The van der Waals surface area contributed by atoms with Gasteiger partial charge in [-0.1, -0.05) is 24.3 Å². The molecule has 0 spiro atoms. The van der Waals surface area contributed by atoms with Crippen molar-refractivity contribution in [3.63, 3.8) is 0 Å². The molecule has 1 aromatic carbocycles. The van der Waals surface area contributed by atoms with E-state index in [1.54, 1.807) is 24.5 Å². The van der Waals surface area contributed by atoms with Crippen LogP contribution in [-0.2, 0) is 21.2 Å². The standard InChI is InChI=1S/C21H22N4O5S/c1-21(20(27)24-28,31(2,29)30)10-13-25-12-9-17(14-19(25)26)15-5-7-16(8-6-15)18-4-3-11-22-23-18/h3-9,11-12,14,28H,10,13H2,1-2H3,(H,24,27). The zero-order valence-electron chi connectivity index (χ0n) is 17.0. The number of aromatic nitrogens is 3. The van der Waals surface area contributed by atoms with Gasteiger partial charge in [-0.3, -0.25) is 14.8 Å². The molecular formula is C21H22N4O5S. The molecule has 1 unspecified atom stereocenters. The molecule has 9 nitrogen and oxygen atoms in total. The fourth-order valence-corrected chi connectivity index (χ4v) is 3.92. The fourth-order valence-electron chi connectivity index (χ4n) is 3.08. The van der Waals surface area contributed by atoms with Gasteiger partial charge in [0.2, 0.25) is 0 Å². The number of aryl methyl sites for hydroxylation is 1. The third-order valence-corrected chi connectivity index (χ3v) is 7.34. The number of rotatable bonds is 7. The molecule has 2 aromatic heterocycles. The molecule has 31 heavy (non-hydrogen) atoms. The Balaban J connectivity index is 1.80. The summed E-state index contributed by atoms with van der Waals surface area (Å²) in [5, 5.41) is 16.8. The van der Waals surface area contributed by atoms with Crippen LogP contribution in [0, 0.1) is 0 Å². The smallest absolute Gasteiger partial charge is 0.264 e. The molecule has 1 atom stereocenters. The summed E-state index contributed by atoms with van der Waals surface area (Å²) in [6, 6.07) is 14.3. The Morgan fingerprint density at radius 3 is 2.35 bits per heavy atom. The normalized spacial score (nSPS) is 13.4. The van der Waals surface area contributed by atoms with Gasteiger partial charge in [0.05, 0.1) is 5.69 Å².